The molecule has 22 heavy (non-hydrogen) atoms. The zero-order valence-corrected chi connectivity index (χ0v) is 14.5. The highest BCUT2D eigenvalue weighted by atomic mass is 16.8. The van der Waals surface area contributed by atoms with Gasteiger partial charge in [-0.1, -0.05) is 26.8 Å². The summed E-state index contributed by atoms with van der Waals surface area (Å²) in [4.78, 5) is 15.8. The first-order valence-electron chi connectivity index (χ1n) is 7.58. The van der Waals surface area contributed by atoms with Crippen LogP contribution in [-0.2, 0) is 14.1 Å². The van der Waals surface area contributed by atoms with Crippen LogP contribution in [0.2, 0.25) is 0 Å². The average Bonchev–Trinajstić information content (AvgIpc) is 2.77. The Balaban J connectivity index is 2.26. The summed E-state index contributed by atoms with van der Waals surface area (Å²) in [7, 11) is -0.489. The second-order valence-corrected chi connectivity index (χ2v) is 8.02. The molecule has 2 aliphatic rings. The van der Waals surface area contributed by atoms with Crippen LogP contribution in [0.1, 0.15) is 48.5 Å². The number of rotatable bonds is 2. The van der Waals surface area contributed by atoms with Crippen molar-refractivity contribution in [3.63, 3.8) is 0 Å². The van der Waals surface area contributed by atoms with Crippen molar-refractivity contribution < 1.29 is 24.0 Å². The number of hydroxylamine groups is 2. The van der Waals surface area contributed by atoms with Crippen LogP contribution in [0.15, 0.2) is 11.5 Å². The van der Waals surface area contributed by atoms with E-state index in [1.54, 1.807) is 0 Å². The lowest BCUT2D eigenvalue weighted by molar-refractivity contribution is -0.144. The van der Waals surface area contributed by atoms with E-state index in [4.69, 9.17) is 19.3 Å². The summed E-state index contributed by atoms with van der Waals surface area (Å²) in [6.07, 6.45) is 0.638. The third-order valence-electron chi connectivity index (χ3n) is 4.65. The van der Waals surface area contributed by atoms with Gasteiger partial charge in [0.05, 0.1) is 23.8 Å². The van der Waals surface area contributed by atoms with E-state index in [2.05, 4.69) is 0 Å². The maximum Gasteiger partial charge on any atom is 0.525 e. The van der Waals surface area contributed by atoms with Crippen molar-refractivity contribution in [3.05, 3.63) is 11.5 Å². The van der Waals surface area contributed by atoms with E-state index in [1.807, 2.05) is 54.5 Å². The van der Waals surface area contributed by atoms with Crippen LogP contribution < -0.4 is 0 Å². The summed E-state index contributed by atoms with van der Waals surface area (Å²) < 4.78 is 12.2. The molecule has 1 atom stereocenters. The highest BCUT2D eigenvalue weighted by molar-refractivity contribution is 6.55. The summed E-state index contributed by atoms with van der Waals surface area (Å²) in [6, 6.07) is -0.224. The monoisotopic (exact) mass is 311 g/mol. The van der Waals surface area contributed by atoms with Gasteiger partial charge < -0.3 is 19.3 Å². The fourth-order valence-corrected chi connectivity index (χ4v) is 2.91. The standard InChI is InChI=1S/C15H26BNO5/c1-13(2,3)11-10(8-9-17(11)20-12(18)19)16-21-14(4,5)15(6,7)22-16/h8,11H,9H2,1-7H3,(H,18,19). The number of nitrogens with zero attached hydrogens (tertiary/aromatic N) is 1. The number of carbonyl (C=O) groups is 1. The Bertz CT molecular complexity index is 479. The second kappa shape index (κ2) is 5.25. The second-order valence-electron chi connectivity index (χ2n) is 8.02. The van der Waals surface area contributed by atoms with Gasteiger partial charge in [-0.2, -0.15) is 0 Å². The van der Waals surface area contributed by atoms with E-state index in [1.165, 1.54) is 5.06 Å². The minimum absolute atomic E-state index is 0.221. The van der Waals surface area contributed by atoms with Crippen LogP contribution >= 0.6 is 0 Å². The van der Waals surface area contributed by atoms with Crippen molar-refractivity contribution in [2.75, 3.05) is 6.54 Å². The van der Waals surface area contributed by atoms with Gasteiger partial charge in [0.2, 0.25) is 0 Å². The lowest BCUT2D eigenvalue weighted by Gasteiger charge is -2.35. The van der Waals surface area contributed by atoms with Crippen molar-refractivity contribution in [1.82, 2.24) is 5.06 Å². The maximum absolute atomic E-state index is 10.9. The van der Waals surface area contributed by atoms with Crippen LogP contribution in [0.4, 0.5) is 4.79 Å². The summed E-state index contributed by atoms with van der Waals surface area (Å²) in [5.41, 5.74) is -0.154. The van der Waals surface area contributed by atoms with Crippen molar-refractivity contribution in [2.45, 2.75) is 65.7 Å². The van der Waals surface area contributed by atoms with Crippen molar-refractivity contribution in [3.8, 4) is 0 Å². The van der Waals surface area contributed by atoms with Gasteiger partial charge in [0.1, 0.15) is 0 Å². The van der Waals surface area contributed by atoms with Gasteiger partial charge in [0.15, 0.2) is 0 Å². The first-order chi connectivity index (χ1) is 9.85. The molecule has 7 heteroatoms. The molecule has 0 spiro atoms. The third-order valence-corrected chi connectivity index (χ3v) is 4.65. The van der Waals surface area contributed by atoms with Gasteiger partial charge in [-0.25, -0.2) is 4.79 Å². The van der Waals surface area contributed by atoms with Gasteiger partial charge >= 0.3 is 13.3 Å². The molecule has 1 fully saturated rings. The Labute approximate surface area is 132 Å². The van der Waals surface area contributed by atoms with Crippen LogP contribution in [0.25, 0.3) is 0 Å². The molecule has 0 aromatic carbocycles. The van der Waals surface area contributed by atoms with E-state index < -0.39 is 24.5 Å². The van der Waals surface area contributed by atoms with E-state index in [0.29, 0.717) is 6.54 Å². The summed E-state index contributed by atoms with van der Waals surface area (Å²) >= 11 is 0. The molecule has 1 unspecified atom stereocenters. The fourth-order valence-electron chi connectivity index (χ4n) is 2.91. The van der Waals surface area contributed by atoms with Crippen molar-refractivity contribution in [2.24, 2.45) is 5.41 Å². The van der Waals surface area contributed by atoms with Gasteiger partial charge in [0.25, 0.3) is 0 Å². The Morgan fingerprint density at radius 1 is 1.32 bits per heavy atom. The van der Waals surface area contributed by atoms with Crippen LogP contribution in [0.5, 0.6) is 0 Å². The molecule has 1 saturated heterocycles. The molecule has 0 radical (unpaired) electrons. The molecule has 0 bridgehead atoms. The number of hydrogen-bond donors (Lipinski definition) is 1. The van der Waals surface area contributed by atoms with Gasteiger partial charge in [-0.3, -0.25) is 0 Å². The van der Waals surface area contributed by atoms with E-state index in [0.717, 1.165) is 5.47 Å². The Kier molecular flexibility index (Phi) is 4.13. The van der Waals surface area contributed by atoms with Gasteiger partial charge in [-0.15, -0.1) is 5.06 Å². The van der Waals surface area contributed by atoms with E-state index in [-0.39, 0.29) is 11.5 Å². The molecule has 1 N–H and O–H groups in total. The average molecular weight is 311 g/mol. The van der Waals surface area contributed by atoms with Gasteiger partial charge in [-0.05, 0) is 38.6 Å². The molecule has 2 rings (SSSR count). The van der Waals surface area contributed by atoms with Crippen LogP contribution in [0, 0.1) is 5.41 Å². The van der Waals surface area contributed by atoms with Gasteiger partial charge in [0, 0.05) is 0 Å². The molecular weight excluding hydrogens is 285 g/mol. The van der Waals surface area contributed by atoms with Crippen molar-refractivity contribution in [1.29, 1.82) is 0 Å². The predicted octanol–water partition coefficient (Wildman–Crippen LogP) is 2.88. The summed E-state index contributed by atoms with van der Waals surface area (Å²) in [6.45, 7) is 14.5. The van der Waals surface area contributed by atoms with Crippen LogP contribution in [-0.4, -0.2) is 47.2 Å². The Morgan fingerprint density at radius 2 is 1.82 bits per heavy atom. The first-order valence-corrected chi connectivity index (χ1v) is 7.58. The number of hydrogen-bond acceptors (Lipinski definition) is 5. The minimum atomic E-state index is -1.31. The molecule has 2 heterocycles. The fraction of sp³-hybridized carbons (Fsp3) is 0.800. The Morgan fingerprint density at radius 3 is 2.23 bits per heavy atom. The smallest absolute Gasteiger partial charge is 0.448 e. The van der Waals surface area contributed by atoms with E-state index >= 15 is 0 Å². The zero-order valence-electron chi connectivity index (χ0n) is 14.5. The largest absolute Gasteiger partial charge is 0.525 e. The molecular formula is C15H26BNO5. The molecule has 0 saturated carbocycles. The topological polar surface area (TPSA) is 68.2 Å². The van der Waals surface area contributed by atoms with Crippen molar-refractivity contribution >= 4 is 13.3 Å². The van der Waals surface area contributed by atoms with E-state index in [9.17, 15) is 4.79 Å². The molecule has 0 aromatic rings. The minimum Gasteiger partial charge on any atom is -0.448 e. The normalized spacial score (nSPS) is 27.9. The molecule has 0 aliphatic carbocycles. The molecule has 0 amide bonds. The molecule has 0 aromatic heterocycles. The summed E-state index contributed by atoms with van der Waals surface area (Å²) in [5, 5.41) is 10.4. The molecule has 6 nitrogen and oxygen atoms in total. The SMILES string of the molecule is CC(C)(C)C1C(B2OC(C)(C)C(C)(C)O2)=CCN1OC(=O)O. The lowest BCUT2D eigenvalue weighted by Crippen LogP contribution is -2.46. The number of carboxylic acid groups (broad SMARTS) is 1. The highest BCUT2D eigenvalue weighted by Gasteiger charge is 2.56. The third kappa shape index (κ3) is 3.02. The summed E-state index contributed by atoms with van der Waals surface area (Å²) in [5.74, 6) is 0. The van der Waals surface area contributed by atoms with Crippen LogP contribution in [0.3, 0.4) is 0 Å². The molecule has 2 aliphatic heterocycles. The predicted molar refractivity (Wildman–Crippen MR) is 83.2 cm³/mol. The Hall–Kier alpha value is -1.05. The lowest BCUT2D eigenvalue weighted by atomic mass is 9.67. The first kappa shape index (κ1) is 17.3. The maximum atomic E-state index is 10.9. The quantitative estimate of drug-likeness (QED) is 0.791. The highest BCUT2D eigenvalue weighted by Crippen LogP contribution is 2.43. The molecule has 124 valence electrons. The zero-order chi connectivity index (χ0) is 16.9.